The summed E-state index contributed by atoms with van der Waals surface area (Å²) >= 11 is 0. The molecule has 130 valence electrons. The van der Waals surface area contributed by atoms with E-state index in [-0.39, 0.29) is 0 Å². The summed E-state index contributed by atoms with van der Waals surface area (Å²) in [5, 5.41) is 0. The summed E-state index contributed by atoms with van der Waals surface area (Å²) in [6.45, 7) is 7.96. The van der Waals surface area contributed by atoms with Crippen molar-refractivity contribution in [1.29, 1.82) is 0 Å². The molecule has 0 amide bonds. The second-order valence-corrected chi connectivity index (χ2v) is 7.25. The Morgan fingerprint density at radius 1 is 0.920 bits per heavy atom. The molecule has 3 rings (SSSR count). The standard InChI is InChI=1S/C20H23BO4/c1-19(2)20(3,4)25-21(24-19)17-12-11-15(13-16(17)18(22)23-5)14-9-7-6-8-10-14/h6-13H,1-5H3. The second kappa shape index (κ2) is 6.32. The van der Waals surface area contributed by atoms with Gasteiger partial charge in [-0.05, 0) is 50.4 Å². The van der Waals surface area contributed by atoms with E-state index in [9.17, 15) is 4.79 Å². The van der Waals surface area contributed by atoms with Crippen molar-refractivity contribution in [3.8, 4) is 11.1 Å². The molecule has 0 atom stereocenters. The van der Waals surface area contributed by atoms with Gasteiger partial charge in [0.05, 0.1) is 23.9 Å². The Morgan fingerprint density at radius 2 is 1.52 bits per heavy atom. The first kappa shape index (κ1) is 17.7. The zero-order valence-electron chi connectivity index (χ0n) is 15.3. The summed E-state index contributed by atoms with van der Waals surface area (Å²) in [6, 6.07) is 15.6. The maximum Gasteiger partial charge on any atom is 0.495 e. The van der Waals surface area contributed by atoms with Crippen LogP contribution in [0.1, 0.15) is 38.1 Å². The molecule has 0 spiro atoms. The summed E-state index contributed by atoms with van der Waals surface area (Å²) in [7, 11) is 0.773. The lowest BCUT2D eigenvalue weighted by Gasteiger charge is -2.32. The van der Waals surface area contributed by atoms with E-state index in [1.165, 1.54) is 7.11 Å². The molecule has 2 aromatic carbocycles. The zero-order chi connectivity index (χ0) is 18.2. The summed E-state index contributed by atoms with van der Waals surface area (Å²) in [4.78, 5) is 12.4. The summed E-state index contributed by atoms with van der Waals surface area (Å²) < 4.78 is 17.2. The third-order valence-electron chi connectivity index (χ3n) is 5.07. The van der Waals surface area contributed by atoms with Crippen LogP contribution < -0.4 is 5.46 Å². The number of carbonyl (C=O) groups excluding carboxylic acids is 1. The molecule has 0 radical (unpaired) electrons. The number of benzene rings is 2. The van der Waals surface area contributed by atoms with E-state index in [0.717, 1.165) is 11.1 Å². The van der Waals surface area contributed by atoms with Crippen LogP contribution >= 0.6 is 0 Å². The summed E-state index contributed by atoms with van der Waals surface area (Å²) in [6.07, 6.45) is 0. The highest BCUT2D eigenvalue weighted by Gasteiger charge is 2.52. The van der Waals surface area contributed by atoms with E-state index < -0.39 is 24.3 Å². The molecule has 0 aromatic heterocycles. The predicted octanol–water partition coefficient (Wildman–Crippen LogP) is 3.44. The largest absolute Gasteiger partial charge is 0.495 e. The van der Waals surface area contributed by atoms with Crippen molar-refractivity contribution in [2.24, 2.45) is 0 Å². The molecule has 0 unspecified atom stereocenters. The van der Waals surface area contributed by atoms with E-state index in [1.807, 2.05) is 76.2 Å². The van der Waals surface area contributed by atoms with Crippen molar-refractivity contribution >= 4 is 18.6 Å². The quantitative estimate of drug-likeness (QED) is 0.635. The van der Waals surface area contributed by atoms with Gasteiger partial charge in [0.2, 0.25) is 0 Å². The van der Waals surface area contributed by atoms with E-state index in [1.54, 1.807) is 0 Å². The molecule has 1 aliphatic heterocycles. The fourth-order valence-electron chi connectivity index (χ4n) is 2.83. The summed E-state index contributed by atoms with van der Waals surface area (Å²) in [5.41, 5.74) is 2.19. The predicted molar refractivity (Wildman–Crippen MR) is 98.9 cm³/mol. The lowest BCUT2D eigenvalue weighted by molar-refractivity contribution is 0.00578. The van der Waals surface area contributed by atoms with Gasteiger partial charge in [-0.15, -0.1) is 0 Å². The molecule has 1 aliphatic rings. The minimum atomic E-state index is -0.607. The molecule has 25 heavy (non-hydrogen) atoms. The van der Waals surface area contributed by atoms with Crippen molar-refractivity contribution in [2.75, 3.05) is 7.11 Å². The first-order valence-electron chi connectivity index (χ1n) is 8.38. The van der Waals surface area contributed by atoms with Crippen molar-refractivity contribution < 1.29 is 18.8 Å². The minimum Gasteiger partial charge on any atom is -0.465 e. The average Bonchev–Trinajstić information content (AvgIpc) is 2.82. The minimum absolute atomic E-state index is 0.400. The highest BCUT2D eigenvalue weighted by molar-refractivity contribution is 6.63. The van der Waals surface area contributed by atoms with Gasteiger partial charge in [0, 0.05) is 0 Å². The van der Waals surface area contributed by atoms with Crippen LogP contribution in [0.2, 0.25) is 0 Å². The lowest BCUT2D eigenvalue weighted by Crippen LogP contribution is -2.41. The highest BCUT2D eigenvalue weighted by atomic mass is 16.7. The Labute approximate surface area is 149 Å². The van der Waals surface area contributed by atoms with E-state index in [0.29, 0.717) is 11.0 Å². The van der Waals surface area contributed by atoms with Gasteiger partial charge in [-0.25, -0.2) is 4.79 Å². The Balaban J connectivity index is 2.04. The Kier molecular flexibility index (Phi) is 4.48. The number of carbonyl (C=O) groups is 1. The number of ether oxygens (including phenoxy) is 1. The fraction of sp³-hybridized carbons (Fsp3) is 0.350. The number of esters is 1. The summed E-state index contributed by atoms with van der Waals surface area (Å²) in [5.74, 6) is -0.400. The monoisotopic (exact) mass is 338 g/mol. The van der Waals surface area contributed by atoms with Crippen molar-refractivity contribution in [3.63, 3.8) is 0 Å². The molecular weight excluding hydrogens is 315 g/mol. The van der Waals surface area contributed by atoms with E-state index in [2.05, 4.69) is 0 Å². The molecule has 1 heterocycles. The van der Waals surface area contributed by atoms with Gasteiger partial charge in [0.25, 0.3) is 0 Å². The average molecular weight is 338 g/mol. The van der Waals surface area contributed by atoms with Gasteiger partial charge in [-0.2, -0.15) is 0 Å². The molecule has 5 heteroatoms. The highest BCUT2D eigenvalue weighted by Crippen LogP contribution is 2.37. The van der Waals surface area contributed by atoms with Crippen LogP contribution in [0.4, 0.5) is 0 Å². The molecular formula is C20H23BO4. The molecule has 2 aromatic rings. The van der Waals surface area contributed by atoms with Gasteiger partial charge >= 0.3 is 13.1 Å². The van der Waals surface area contributed by atoms with Crippen LogP contribution in [0.15, 0.2) is 48.5 Å². The van der Waals surface area contributed by atoms with Crippen molar-refractivity contribution in [2.45, 2.75) is 38.9 Å². The number of hydrogen-bond donors (Lipinski definition) is 0. The molecule has 1 fully saturated rings. The number of rotatable bonds is 3. The number of hydrogen-bond acceptors (Lipinski definition) is 4. The molecule has 1 saturated heterocycles. The maximum absolute atomic E-state index is 12.4. The van der Waals surface area contributed by atoms with Crippen LogP contribution in [0.3, 0.4) is 0 Å². The van der Waals surface area contributed by atoms with E-state index in [4.69, 9.17) is 14.0 Å². The topological polar surface area (TPSA) is 44.8 Å². The zero-order valence-corrected chi connectivity index (χ0v) is 15.3. The molecule has 0 bridgehead atoms. The molecule has 4 nitrogen and oxygen atoms in total. The van der Waals surface area contributed by atoms with Gasteiger partial charge < -0.3 is 14.0 Å². The first-order chi connectivity index (χ1) is 11.7. The van der Waals surface area contributed by atoms with Crippen molar-refractivity contribution in [1.82, 2.24) is 0 Å². The van der Waals surface area contributed by atoms with Crippen LogP contribution in [-0.2, 0) is 14.0 Å². The molecule has 0 aliphatic carbocycles. The molecule has 0 saturated carbocycles. The van der Waals surface area contributed by atoms with Crippen molar-refractivity contribution in [3.05, 3.63) is 54.1 Å². The lowest BCUT2D eigenvalue weighted by atomic mass is 9.75. The Morgan fingerprint density at radius 3 is 2.08 bits per heavy atom. The maximum atomic E-state index is 12.4. The van der Waals surface area contributed by atoms with Gasteiger partial charge in [-0.3, -0.25) is 0 Å². The first-order valence-corrected chi connectivity index (χ1v) is 8.38. The third kappa shape index (κ3) is 3.22. The molecule has 0 N–H and O–H groups in total. The van der Waals surface area contributed by atoms with Crippen LogP contribution in [-0.4, -0.2) is 31.4 Å². The van der Waals surface area contributed by atoms with Gasteiger partial charge in [0.1, 0.15) is 0 Å². The van der Waals surface area contributed by atoms with Crippen LogP contribution in [0, 0.1) is 0 Å². The Bertz CT molecular complexity index is 768. The van der Waals surface area contributed by atoms with Gasteiger partial charge in [0.15, 0.2) is 0 Å². The van der Waals surface area contributed by atoms with E-state index >= 15 is 0 Å². The smallest absolute Gasteiger partial charge is 0.465 e. The number of methoxy groups -OCH3 is 1. The third-order valence-corrected chi connectivity index (χ3v) is 5.07. The normalized spacial score (nSPS) is 18.2. The fourth-order valence-corrected chi connectivity index (χ4v) is 2.83. The van der Waals surface area contributed by atoms with Gasteiger partial charge in [-0.1, -0.05) is 42.5 Å². The second-order valence-electron chi connectivity index (χ2n) is 7.25. The Hall–Kier alpha value is -2.11. The SMILES string of the molecule is COC(=O)c1cc(-c2ccccc2)ccc1B1OC(C)(C)C(C)(C)O1. The van der Waals surface area contributed by atoms with Crippen LogP contribution in [0.25, 0.3) is 11.1 Å². The van der Waals surface area contributed by atoms with Crippen LogP contribution in [0.5, 0.6) is 0 Å².